The van der Waals surface area contributed by atoms with Crippen LogP contribution < -0.4 is 0 Å². The predicted molar refractivity (Wildman–Crippen MR) is 56.9 cm³/mol. The molecule has 0 spiro atoms. The summed E-state index contributed by atoms with van der Waals surface area (Å²) in [6, 6.07) is 0. The second-order valence-electron chi connectivity index (χ2n) is 6.27. The Balaban J connectivity index is 1.88. The maximum atomic E-state index is 9.65. The molecule has 0 amide bonds. The molecule has 4 rings (SSSR count). The summed E-state index contributed by atoms with van der Waals surface area (Å²) in [6.07, 6.45) is 11.4. The molecule has 4 aliphatic carbocycles. The molecule has 4 aliphatic rings. The highest BCUT2D eigenvalue weighted by Crippen LogP contribution is 2.56. The van der Waals surface area contributed by atoms with Crippen LogP contribution in [0.3, 0.4) is 0 Å². The fourth-order valence-corrected chi connectivity index (χ4v) is 4.79. The first kappa shape index (κ1) is 9.21. The van der Waals surface area contributed by atoms with E-state index in [9.17, 15) is 5.11 Å². The van der Waals surface area contributed by atoms with E-state index < -0.39 is 0 Å². The van der Waals surface area contributed by atoms with Crippen LogP contribution >= 0.6 is 0 Å². The Morgan fingerprint density at radius 3 is 2.07 bits per heavy atom. The zero-order valence-corrected chi connectivity index (χ0v) is 9.04. The summed E-state index contributed by atoms with van der Waals surface area (Å²) in [7, 11) is 0. The average Bonchev–Trinajstić information content (AvgIpc) is 2.14. The van der Waals surface area contributed by atoms with Crippen molar-refractivity contribution >= 4 is 0 Å². The first-order valence-electron chi connectivity index (χ1n) is 6.40. The summed E-state index contributed by atoms with van der Waals surface area (Å²) in [4.78, 5) is 0. The van der Waals surface area contributed by atoms with Crippen molar-refractivity contribution in [1.82, 2.24) is 0 Å². The van der Waals surface area contributed by atoms with E-state index in [1.165, 1.54) is 51.4 Å². The Morgan fingerprint density at radius 2 is 1.50 bits per heavy atom. The quantitative estimate of drug-likeness (QED) is 0.680. The molecule has 1 heteroatoms. The molecule has 0 heterocycles. The molecule has 0 aromatic rings. The molecule has 80 valence electrons. The van der Waals surface area contributed by atoms with Gasteiger partial charge in [-0.25, -0.2) is 0 Å². The van der Waals surface area contributed by atoms with Crippen LogP contribution in [-0.4, -0.2) is 11.7 Å². The lowest BCUT2D eigenvalue weighted by Gasteiger charge is -2.52. The van der Waals surface area contributed by atoms with Crippen molar-refractivity contribution in [2.45, 2.75) is 51.4 Å². The molecule has 0 radical (unpaired) electrons. The van der Waals surface area contributed by atoms with E-state index in [1.54, 1.807) is 0 Å². The van der Waals surface area contributed by atoms with Crippen molar-refractivity contribution in [3.05, 3.63) is 0 Å². The minimum atomic E-state index is 0.372. The van der Waals surface area contributed by atoms with Gasteiger partial charge in [0.1, 0.15) is 0 Å². The standard InChI is InChI=1S/C13H22O/c14-9-13-6-10-2-1-3-11(7-13)5-12(4-10)8-13/h10-12,14H,1-9H2. The monoisotopic (exact) mass is 194 g/mol. The Kier molecular flexibility index (Phi) is 2.12. The summed E-state index contributed by atoms with van der Waals surface area (Å²) in [6.45, 7) is 0.469. The summed E-state index contributed by atoms with van der Waals surface area (Å²) in [5.41, 5.74) is 0.372. The maximum absolute atomic E-state index is 9.65. The van der Waals surface area contributed by atoms with E-state index in [-0.39, 0.29) is 0 Å². The summed E-state index contributed by atoms with van der Waals surface area (Å²) in [5, 5.41) is 9.65. The summed E-state index contributed by atoms with van der Waals surface area (Å²) < 4.78 is 0. The van der Waals surface area contributed by atoms with Gasteiger partial charge in [0.05, 0.1) is 0 Å². The van der Waals surface area contributed by atoms with Gasteiger partial charge in [-0.05, 0) is 55.3 Å². The second-order valence-corrected chi connectivity index (χ2v) is 6.27. The number of fused-ring (bicyclic) bond motifs is 2. The van der Waals surface area contributed by atoms with Gasteiger partial charge >= 0.3 is 0 Å². The molecule has 0 saturated heterocycles. The zero-order chi connectivity index (χ0) is 9.60. The van der Waals surface area contributed by atoms with Gasteiger partial charge in [0.15, 0.2) is 0 Å². The maximum Gasteiger partial charge on any atom is 0.0487 e. The van der Waals surface area contributed by atoms with Crippen molar-refractivity contribution in [2.75, 3.05) is 6.61 Å². The number of hydrogen-bond acceptors (Lipinski definition) is 1. The van der Waals surface area contributed by atoms with Gasteiger partial charge in [0.2, 0.25) is 0 Å². The van der Waals surface area contributed by atoms with Gasteiger partial charge < -0.3 is 5.11 Å². The smallest absolute Gasteiger partial charge is 0.0487 e. The third kappa shape index (κ3) is 1.41. The Bertz CT molecular complexity index is 207. The Morgan fingerprint density at radius 1 is 0.929 bits per heavy atom. The van der Waals surface area contributed by atoms with Crippen LogP contribution in [0.25, 0.3) is 0 Å². The van der Waals surface area contributed by atoms with Crippen molar-refractivity contribution in [1.29, 1.82) is 0 Å². The van der Waals surface area contributed by atoms with E-state index in [1.807, 2.05) is 0 Å². The van der Waals surface area contributed by atoms with Crippen LogP contribution in [0, 0.1) is 23.2 Å². The molecular formula is C13H22O. The third-order valence-electron chi connectivity index (χ3n) is 5.06. The van der Waals surface area contributed by atoms with E-state index >= 15 is 0 Å². The normalized spacial score (nSPS) is 51.6. The molecule has 4 bridgehead atoms. The SMILES string of the molecule is OCC12CC3CCCC(CC(C3)C1)C2. The van der Waals surface area contributed by atoms with Crippen molar-refractivity contribution in [3.8, 4) is 0 Å². The van der Waals surface area contributed by atoms with E-state index in [2.05, 4.69) is 0 Å². The number of rotatable bonds is 1. The molecule has 2 atom stereocenters. The fourth-order valence-electron chi connectivity index (χ4n) is 4.79. The zero-order valence-electron chi connectivity index (χ0n) is 9.04. The minimum Gasteiger partial charge on any atom is -0.396 e. The molecule has 1 N–H and O–H groups in total. The topological polar surface area (TPSA) is 20.2 Å². The minimum absolute atomic E-state index is 0.372. The molecular weight excluding hydrogens is 172 g/mol. The molecule has 0 aromatic heterocycles. The highest BCUT2D eigenvalue weighted by Gasteiger charge is 2.46. The summed E-state index contributed by atoms with van der Waals surface area (Å²) in [5.74, 6) is 2.89. The predicted octanol–water partition coefficient (Wildman–Crippen LogP) is 2.98. The highest BCUT2D eigenvalue weighted by atomic mass is 16.3. The van der Waals surface area contributed by atoms with Crippen LogP contribution in [0.5, 0.6) is 0 Å². The molecule has 0 aliphatic heterocycles. The van der Waals surface area contributed by atoms with Gasteiger partial charge in [0.25, 0.3) is 0 Å². The first-order chi connectivity index (χ1) is 6.80. The van der Waals surface area contributed by atoms with Gasteiger partial charge in [-0.3, -0.25) is 0 Å². The molecule has 4 saturated carbocycles. The van der Waals surface area contributed by atoms with Crippen LogP contribution in [0.1, 0.15) is 51.4 Å². The Hall–Kier alpha value is -0.0400. The van der Waals surface area contributed by atoms with Crippen molar-refractivity contribution in [3.63, 3.8) is 0 Å². The molecule has 1 nitrogen and oxygen atoms in total. The van der Waals surface area contributed by atoms with Crippen molar-refractivity contribution in [2.24, 2.45) is 23.2 Å². The Labute approximate surface area is 86.9 Å². The van der Waals surface area contributed by atoms with Gasteiger partial charge in [-0.15, -0.1) is 0 Å². The first-order valence-corrected chi connectivity index (χ1v) is 6.40. The lowest BCUT2D eigenvalue weighted by atomic mass is 9.54. The van der Waals surface area contributed by atoms with Gasteiger partial charge in [0, 0.05) is 6.61 Å². The molecule has 4 fully saturated rings. The average molecular weight is 194 g/mol. The van der Waals surface area contributed by atoms with Gasteiger partial charge in [-0.1, -0.05) is 19.3 Å². The fraction of sp³-hybridized carbons (Fsp3) is 1.00. The molecule has 2 unspecified atom stereocenters. The largest absolute Gasteiger partial charge is 0.396 e. The van der Waals surface area contributed by atoms with Gasteiger partial charge in [-0.2, -0.15) is 0 Å². The van der Waals surface area contributed by atoms with Crippen molar-refractivity contribution < 1.29 is 5.11 Å². The number of aliphatic hydroxyl groups excluding tert-OH is 1. The van der Waals surface area contributed by atoms with Crippen LogP contribution in [0.2, 0.25) is 0 Å². The number of hydrogen-bond donors (Lipinski definition) is 1. The second kappa shape index (κ2) is 3.23. The van der Waals surface area contributed by atoms with Crippen LogP contribution in [0.4, 0.5) is 0 Å². The van der Waals surface area contributed by atoms with E-state index in [0.29, 0.717) is 12.0 Å². The highest BCUT2D eigenvalue weighted by molar-refractivity contribution is 4.97. The third-order valence-corrected chi connectivity index (χ3v) is 5.06. The lowest BCUT2D eigenvalue weighted by Crippen LogP contribution is -2.43. The van der Waals surface area contributed by atoms with Crippen LogP contribution in [0.15, 0.2) is 0 Å². The van der Waals surface area contributed by atoms with Crippen LogP contribution in [-0.2, 0) is 0 Å². The molecule has 14 heavy (non-hydrogen) atoms. The van der Waals surface area contributed by atoms with E-state index in [4.69, 9.17) is 0 Å². The molecule has 0 aromatic carbocycles. The summed E-state index contributed by atoms with van der Waals surface area (Å²) >= 11 is 0. The number of aliphatic hydroxyl groups is 1. The van der Waals surface area contributed by atoms with E-state index in [0.717, 1.165) is 17.8 Å². The lowest BCUT2D eigenvalue weighted by molar-refractivity contribution is -0.0461.